The average molecular weight is 196 g/mol. The van der Waals surface area contributed by atoms with E-state index < -0.39 is 0 Å². The van der Waals surface area contributed by atoms with Crippen molar-refractivity contribution in [3.05, 3.63) is 11.1 Å². The van der Waals surface area contributed by atoms with Gasteiger partial charge in [-0.1, -0.05) is 19.3 Å². The summed E-state index contributed by atoms with van der Waals surface area (Å²) in [7, 11) is 1.93. The molecule has 0 amide bonds. The molecule has 0 saturated heterocycles. The Balaban J connectivity index is 2.05. The lowest BCUT2D eigenvalue weighted by atomic mass is 9.87. The second-order valence-corrected chi connectivity index (χ2v) is 4.52. The fourth-order valence-electron chi connectivity index (χ4n) is 1.99. The first-order valence-corrected chi connectivity index (χ1v) is 5.91. The molecule has 1 saturated carbocycles. The van der Waals surface area contributed by atoms with Crippen molar-refractivity contribution >= 4 is 16.5 Å². The van der Waals surface area contributed by atoms with Gasteiger partial charge in [0.2, 0.25) is 0 Å². The van der Waals surface area contributed by atoms with E-state index in [2.05, 4.69) is 15.7 Å². The van der Waals surface area contributed by atoms with Gasteiger partial charge in [-0.05, 0) is 12.8 Å². The van der Waals surface area contributed by atoms with E-state index >= 15 is 0 Å². The summed E-state index contributed by atoms with van der Waals surface area (Å²) in [4.78, 5) is 4.56. The van der Waals surface area contributed by atoms with Gasteiger partial charge < -0.3 is 5.32 Å². The first-order chi connectivity index (χ1) is 6.40. The third-order valence-corrected chi connectivity index (χ3v) is 3.64. The minimum atomic E-state index is 0.743. The SMILES string of the molecule is CNc1nc(C2CCCCC2)cs1. The number of nitrogens with zero attached hydrogens (tertiary/aromatic N) is 1. The van der Waals surface area contributed by atoms with Crippen molar-refractivity contribution in [1.29, 1.82) is 0 Å². The Morgan fingerprint density at radius 3 is 2.77 bits per heavy atom. The minimum absolute atomic E-state index is 0.743. The molecule has 72 valence electrons. The van der Waals surface area contributed by atoms with Crippen LogP contribution in [-0.2, 0) is 0 Å². The molecule has 0 aromatic carbocycles. The van der Waals surface area contributed by atoms with E-state index in [1.54, 1.807) is 11.3 Å². The molecule has 0 spiro atoms. The van der Waals surface area contributed by atoms with Crippen LogP contribution in [0.25, 0.3) is 0 Å². The summed E-state index contributed by atoms with van der Waals surface area (Å²) in [6, 6.07) is 0. The molecular formula is C10H16N2S. The summed E-state index contributed by atoms with van der Waals surface area (Å²) in [5.74, 6) is 0.743. The maximum atomic E-state index is 4.56. The molecule has 1 fully saturated rings. The van der Waals surface area contributed by atoms with Gasteiger partial charge in [0.15, 0.2) is 5.13 Å². The van der Waals surface area contributed by atoms with Crippen LogP contribution >= 0.6 is 11.3 Å². The zero-order chi connectivity index (χ0) is 9.10. The molecule has 0 atom stereocenters. The maximum absolute atomic E-state index is 4.56. The molecule has 0 unspecified atom stereocenters. The molecule has 1 heterocycles. The topological polar surface area (TPSA) is 24.9 Å². The Hall–Kier alpha value is -0.570. The van der Waals surface area contributed by atoms with Crippen LogP contribution in [0.1, 0.15) is 43.7 Å². The highest BCUT2D eigenvalue weighted by Gasteiger charge is 2.17. The number of anilines is 1. The zero-order valence-corrected chi connectivity index (χ0v) is 8.86. The van der Waals surface area contributed by atoms with Crippen molar-refractivity contribution in [2.24, 2.45) is 0 Å². The molecule has 2 nitrogen and oxygen atoms in total. The fourth-order valence-corrected chi connectivity index (χ4v) is 2.74. The molecule has 1 aromatic heterocycles. The van der Waals surface area contributed by atoms with E-state index in [4.69, 9.17) is 0 Å². The predicted molar refractivity (Wildman–Crippen MR) is 57.5 cm³/mol. The van der Waals surface area contributed by atoms with Crippen molar-refractivity contribution in [1.82, 2.24) is 4.98 Å². The van der Waals surface area contributed by atoms with Gasteiger partial charge in [-0.2, -0.15) is 0 Å². The van der Waals surface area contributed by atoms with E-state index in [1.165, 1.54) is 37.8 Å². The first kappa shape index (κ1) is 9.00. The Morgan fingerprint density at radius 1 is 1.38 bits per heavy atom. The Morgan fingerprint density at radius 2 is 2.15 bits per heavy atom. The monoisotopic (exact) mass is 196 g/mol. The molecule has 1 N–H and O–H groups in total. The molecule has 1 aliphatic carbocycles. The van der Waals surface area contributed by atoms with Crippen LogP contribution in [0.15, 0.2) is 5.38 Å². The van der Waals surface area contributed by atoms with Crippen LogP contribution in [0.4, 0.5) is 5.13 Å². The van der Waals surface area contributed by atoms with Crippen LogP contribution in [0, 0.1) is 0 Å². The second-order valence-electron chi connectivity index (χ2n) is 3.66. The van der Waals surface area contributed by atoms with E-state index in [0.29, 0.717) is 0 Å². The lowest BCUT2D eigenvalue weighted by Gasteiger charge is -2.19. The average Bonchev–Trinajstić information content (AvgIpc) is 2.67. The van der Waals surface area contributed by atoms with E-state index in [-0.39, 0.29) is 0 Å². The predicted octanol–water partition coefficient (Wildman–Crippen LogP) is 3.23. The van der Waals surface area contributed by atoms with E-state index in [0.717, 1.165) is 11.0 Å². The van der Waals surface area contributed by atoms with Gasteiger partial charge in [0, 0.05) is 18.3 Å². The van der Waals surface area contributed by atoms with Crippen LogP contribution in [0.3, 0.4) is 0 Å². The molecular weight excluding hydrogens is 180 g/mol. The summed E-state index contributed by atoms with van der Waals surface area (Å²) < 4.78 is 0. The summed E-state index contributed by atoms with van der Waals surface area (Å²) in [5, 5.41) is 6.36. The zero-order valence-electron chi connectivity index (χ0n) is 8.05. The lowest BCUT2D eigenvalue weighted by Crippen LogP contribution is -2.04. The summed E-state index contributed by atoms with van der Waals surface area (Å²) in [6.07, 6.45) is 6.87. The molecule has 1 aliphatic rings. The van der Waals surface area contributed by atoms with Gasteiger partial charge in [-0.25, -0.2) is 4.98 Å². The Kier molecular flexibility index (Phi) is 2.83. The minimum Gasteiger partial charge on any atom is -0.365 e. The Labute approximate surface area is 83.4 Å². The number of thiazole rings is 1. The van der Waals surface area contributed by atoms with Crippen molar-refractivity contribution in [2.75, 3.05) is 12.4 Å². The maximum Gasteiger partial charge on any atom is 0.182 e. The summed E-state index contributed by atoms with van der Waals surface area (Å²) in [6.45, 7) is 0. The highest BCUT2D eigenvalue weighted by atomic mass is 32.1. The van der Waals surface area contributed by atoms with Crippen molar-refractivity contribution in [2.45, 2.75) is 38.0 Å². The van der Waals surface area contributed by atoms with Gasteiger partial charge in [0.25, 0.3) is 0 Å². The molecule has 1 aromatic rings. The van der Waals surface area contributed by atoms with Gasteiger partial charge >= 0.3 is 0 Å². The number of hydrogen-bond acceptors (Lipinski definition) is 3. The molecule has 2 rings (SSSR count). The number of aromatic nitrogens is 1. The number of hydrogen-bond donors (Lipinski definition) is 1. The van der Waals surface area contributed by atoms with E-state index in [1.807, 2.05) is 7.05 Å². The van der Waals surface area contributed by atoms with E-state index in [9.17, 15) is 0 Å². The first-order valence-electron chi connectivity index (χ1n) is 5.03. The highest BCUT2D eigenvalue weighted by molar-refractivity contribution is 7.13. The van der Waals surface area contributed by atoms with Crippen molar-refractivity contribution in [3.8, 4) is 0 Å². The third kappa shape index (κ3) is 2.02. The molecule has 0 aliphatic heterocycles. The number of rotatable bonds is 2. The van der Waals surface area contributed by atoms with Crippen LogP contribution in [0.5, 0.6) is 0 Å². The summed E-state index contributed by atoms with van der Waals surface area (Å²) >= 11 is 1.72. The van der Waals surface area contributed by atoms with Gasteiger partial charge in [0.05, 0.1) is 5.69 Å². The van der Waals surface area contributed by atoms with Crippen LogP contribution < -0.4 is 5.32 Å². The Bertz CT molecular complexity index is 264. The van der Waals surface area contributed by atoms with Gasteiger partial charge in [-0.3, -0.25) is 0 Å². The highest BCUT2D eigenvalue weighted by Crippen LogP contribution is 2.33. The van der Waals surface area contributed by atoms with Crippen molar-refractivity contribution < 1.29 is 0 Å². The second kappa shape index (κ2) is 4.09. The van der Waals surface area contributed by atoms with Gasteiger partial charge in [-0.15, -0.1) is 11.3 Å². The largest absolute Gasteiger partial charge is 0.365 e. The lowest BCUT2D eigenvalue weighted by molar-refractivity contribution is 0.438. The molecule has 3 heteroatoms. The molecule has 0 bridgehead atoms. The standard InChI is InChI=1S/C10H16N2S/c1-11-10-12-9(7-13-10)8-5-3-2-4-6-8/h7-8H,2-6H2,1H3,(H,11,12). The smallest absolute Gasteiger partial charge is 0.182 e. The molecule has 13 heavy (non-hydrogen) atoms. The third-order valence-electron chi connectivity index (χ3n) is 2.76. The fraction of sp³-hybridized carbons (Fsp3) is 0.700. The number of nitrogens with one attached hydrogen (secondary N) is 1. The summed E-state index contributed by atoms with van der Waals surface area (Å²) in [5.41, 5.74) is 1.31. The quantitative estimate of drug-likeness (QED) is 0.785. The van der Waals surface area contributed by atoms with Crippen molar-refractivity contribution in [3.63, 3.8) is 0 Å². The van der Waals surface area contributed by atoms with Gasteiger partial charge in [0.1, 0.15) is 0 Å². The normalized spacial score (nSPS) is 18.8. The van der Waals surface area contributed by atoms with Crippen LogP contribution in [-0.4, -0.2) is 12.0 Å². The molecule has 0 radical (unpaired) electrons. The van der Waals surface area contributed by atoms with Crippen LogP contribution in [0.2, 0.25) is 0 Å².